The van der Waals surface area contributed by atoms with Crippen LogP contribution in [0.25, 0.3) is 0 Å². The molecule has 1 aromatic rings. The molecule has 1 atom stereocenters. The first kappa shape index (κ1) is 11.6. The molecule has 1 unspecified atom stereocenters. The van der Waals surface area contributed by atoms with E-state index in [1.807, 2.05) is 0 Å². The highest BCUT2D eigenvalue weighted by molar-refractivity contribution is 5.74. The van der Waals surface area contributed by atoms with Gasteiger partial charge in [-0.05, 0) is 19.1 Å². The third kappa shape index (κ3) is 2.71. The van der Waals surface area contributed by atoms with E-state index in [-0.39, 0.29) is 11.3 Å². The van der Waals surface area contributed by atoms with Gasteiger partial charge in [-0.3, -0.25) is 9.78 Å². The van der Waals surface area contributed by atoms with E-state index in [4.69, 9.17) is 5.11 Å². The summed E-state index contributed by atoms with van der Waals surface area (Å²) in [6.07, 6.45) is 1.20. The zero-order valence-corrected chi connectivity index (χ0v) is 8.37. The van der Waals surface area contributed by atoms with Crippen molar-refractivity contribution in [1.82, 2.24) is 4.98 Å². The van der Waals surface area contributed by atoms with Gasteiger partial charge in [0, 0.05) is 18.7 Å². The molecule has 0 bridgehead atoms. The van der Waals surface area contributed by atoms with Crippen LogP contribution < -0.4 is 0 Å². The van der Waals surface area contributed by atoms with Crippen LogP contribution in [0.4, 0.5) is 8.78 Å². The van der Waals surface area contributed by atoms with Crippen molar-refractivity contribution in [3.63, 3.8) is 0 Å². The van der Waals surface area contributed by atoms with Crippen LogP contribution in [0.1, 0.15) is 31.0 Å². The number of nitrogens with zero attached hydrogens (tertiary/aromatic N) is 1. The predicted octanol–water partition coefficient (Wildman–Crippen LogP) is 2.38. The van der Waals surface area contributed by atoms with E-state index in [1.54, 1.807) is 0 Å². The minimum absolute atomic E-state index is 0.140. The number of carboxylic acids is 1. The molecule has 0 fully saturated rings. The van der Waals surface area contributed by atoms with Crippen molar-refractivity contribution in [2.75, 3.05) is 0 Å². The van der Waals surface area contributed by atoms with Crippen molar-refractivity contribution >= 4 is 5.97 Å². The molecule has 0 aliphatic rings. The summed E-state index contributed by atoms with van der Waals surface area (Å²) in [5.74, 6) is -4.94. The maximum atomic E-state index is 12.9. The van der Waals surface area contributed by atoms with E-state index < -0.39 is 17.8 Å². The number of carboxylic acid groups (broad SMARTS) is 1. The molecule has 0 amide bonds. The van der Waals surface area contributed by atoms with Gasteiger partial charge < -0.3 is 5.11 Å². The highest BCUT2D eigenvalue weighted by atomic mass is 19.3. The van der Waals surface area contributed by atoms with Crippen LogP contribution in [-0.4, -0.2) is 16.1 Å². The summed E-state index contributed by atoms with van der Waals surface area (Å²) in [5, 5.41) is 8.70. The van der Waals surface area contributed by atoms with Crippen LogP contribution >= 0.6 is 0 Å². The van der Waals surface area contributed by atoms with Crippen LogP contribution in [0.2, 0.25) is 0 Å². The first-order chi connectivity index (χ1) is 6.82. The Kier molecular flexibility index (Phi) is 3.02. The number of alkyl halides is 2. The fourth-order valence-electron chi connectivity index (χ4n) is 1.08. The largest absolute Gasteiger partial charge is 0.481 e. The van der Waals surface area contributed by atoms with Crippen LogP contribution in [0.15, 0.2) is 18.3 Å². The average Bonchev–Trinajstić information content (AvgIpc) is 2.15. The van der Waals surface area contributed by atoms with Crippen molar-refractivity contribution in [2.24, 2.45) is 0 Å². The molecule has 1 heterocycles. The summed E-state index contributed by atoms with van der Waals surface area (Å²) < 4.78 is 25.8. The van der Waals surface area contributed by atoms with E-state index in [9.17, 15) is 13.6 Å². The molecule has 3 nitrogen and oxygen atoms in total. The van der Waals surface area contributed by atoms with Gasteiger partial charge in [-0.1, -0.05) is 0 Å². The fourth-order valence-corrected chi connectivity index (χ4v) is 1.08. The van der Waals surface area contributed by atoms with Gasteiger partial charge in [-0.2, -0.15) is 0 Å². The maximum Gasteiger partial charge on any atom is 0.312 e. The van der Waals surface area contributed by atoms with Gasteiger partial charge in [-0.25, -0.2) is 8.78 Å². The van der Waals surface area contributed by atoms with E-state index in [1.165, 1.54) is 19.2 Å². The van der Waals surface area contributed by atoms with Gasteiger partial charge >= 0.3 is 5.97 Å². The molecule has 1 N–H and O–H groups in total. The zero-order chi connectivity index (χ0) is 11.6. The lowest BCUT2D eigenvalue weighted by Crippen LogP contribution is -2.12. The lowest BCUT2D eigenvalue weighted by atomic mass is 10.0. The average molecular weight is 215 g/mol. The van der Waals surface area contributed by atoms with Crippen molar-refractivity contribution in [1.29, 1.82) is 0 Å². The highest BCUT2D eigenvalue weighted by Crippen LogP contribution is 2.28. The first-order valence-corrected chi connectivity index (χ1v) is 4.39. The topological polar surface area (TPSA) is 50.2 Å². The normalized spacial score (nSPS) is 13.6. The van der Waals surface area contributed by atoms with Crippen LogP contribution in [0.5, 0.6) is 0 Å². The van der Waals surface area contributed by atoms with Gasteiger partial charge in [0.2, 0.25) is 0 Å². The molecule has 0 saturated heterocycles. The van der Waals surface area contributed by atoms with Crippen molar-refractivity contribution < 1.29 is 18.7 Å². The van der Waals surface area contributed by atoms with Gasteiger partial charge in [-0.15, -0.1) is 0 Å². The second kappa shape index (κ2) is 3.92. The predicted molar refractivity (Wildman–Crippen MR) is 49.9 cm³/mol. The van der Waals surface area contributed by atoms with Crippen LogP contribution in [0, 0.1) is 0 Å². The Bertz CT molecular complexity index is 374. The summed E-state index contributed by atoms with van der Waals surface area (Å²) in [6, 6.07) is 2.30. The lowest BCUT2D eigenvalue weighted by molar-refractivity contribution is -0.138. The van der Waals surface area contributed by atoms with Crippen molar-refractivity contribution in [3.8, 4) is 0 Å². The first-order valence-electron chi connectivity index (χ1n) is 4.39. The Morgan fingerprint density at radius 1 is 1.60 bits per heavy atom. The van der Waals surface area contributed by atoms with Crippen LogP contribution in [-0.2, 0) is 10.7 Å². The Morgan fingerprint density at radius 2 is 2.20 bits per heavy atom. The number of rotatable bonds is 3. The summed E-state index contributed by atoms with van der Waals surface area (Å²) >= 11 is 0. The Morgan fingerprint density at radius 3 is 2.67 bits per heavy atom. The third-order valence-corrected chi connectivity index (χ3v) is 2.10. The SMILES string of the molecule is CC(C(=O)O)c1cc(C(C)(F)F)ccn1. The molecule has 15 heavy (non-hydrogen) atoms. The van der Waals surface area contributed by atoms with E-state index in [2.05, 4.69) is 4.98 Å². The van der Waals surface area contributed by atoms with E-state index in [0.29, 0.717) is 0 Å². The molecular formula is C10H11F2NO2. The molecule has 5 heteroatoms. The van der Waals surface area contributed by atoms with Gasteiger partial charge in [0.1, 0.15) is 0 Å². The molecule has 1 rings (SSSR count). The molecule has 0 spiro atoms. The monoisotopic (exact) mass is 215 g/mol. The number of hydrogen-bond acceptors (Lipinski definition) is 2. The molecule has 0 aliphatic heterocycles. The minimum Gasteiger partial charge on any atom is -0.481 e. The summed E-state index contributed by atoms with van der Waals surface area (Å²) in [6.45, 7) is 2.17. The second-order valence-electron chi connectivity index (χ2n) is 3.42. The quantitative estimate of drug-likeness (QED) is 0.842. The highest BCUT2D eigenvalue weighted by Gasteiger charge is 2.26. The number of hydrogen-bond donors (Lipinski definition) is 1. The van der Waals surface area contributed by atoms with Gasteiger partial charge in [0.25, 0.3) is 5.92 Å². The number of aliphatic carboxylic acids is 1. The minimum atomic E-state index is -2.98. The lowest BCUT2D eigenvalue weighted by Gasteiger charge is -2.12. The molecular weight excluding hydrogens is 204 g/mol. The smallest absolute Gasteiger partial charge is 0.312 e. The number of aromatic nitrogens is 1. The molecule has 1 aromatic heterocycles. The van der Waals surface area contributed by atoms with Gasteiger partial charge in [0.05, 0.1) is 11.6 Å². The number of carbonyl (C=O) groups is 1. The maximum absolute atomic E-state index is 12.9. The Labute approximate surface area is 85.8 Å². The summed E-state index contributed by atoms with van der Waals surface area (Å²) in [5.41, 5.74) is -0.0814. The molecule has 0 saturated carbocycles. The molecule has 82 valence electrons. The third-order valence-electron chi connectivity index (χ3n) is 2.10. The Balaban J connectivity index is 3.08. The van der Waals surface area contributed by atoms with Crippen LogP contribution in [0.3, 0.4) is 0 Å². The van der Waals surface area contributed by atoms with E-state index >= 15 is 0 Å². The number of halogens is 2. The van der Waals surface area contributed by atoms with E-state index in [0.717, 1.165) is 13.0 Å². The standard InChI is InChI=1S/C10H11F2NO2/c1-6(9(14)15)8-5-7(3-4-13-8)10(2,11)12/h3-6H,1-2H3,(H,14,15). The zero-order valence-electron chi connectivity index (χ0n) is 8.37. The van der Waals surface area contributed by atoms with Crippen molar-refractivity contribution in [3.05, 3.63) is 29.6 Å². The summed E-state index contributed by atoms with van der Waals surface area (Å²) in [4.78, 5) is 14.4. The van der Waals surface area contributed by atoms with Gasteiger partial charge in [0.15, 0.2) is 0 Å². The Hall–Kier alpha value is -1.52. The second-order valence-corrected chi connectivity index (χ2v) is 3.42. The van der Waals surface area contributed by atoms with Crippen molar-refractivity contribution in [2.45, 2.75) is 25.7 Å². The molecule has 0 radical (unpaired) electrons. The summed E-state index contributed by atoms with van der Waals surface area (Å²) in [7, 11) is 0. The number of pyridine rings is 1. The molecule has 0 aliphatic carbocycles. The fraction of sp³-hybridized carbons (Fsp3) is 0.400. The molecule has 0 aromatic carbocycles.